The van der Waals surface area contributed by atoms with E-state index in [1.54, 1.807) is 0 Å². The topological polar surface area (TPSA) is 81.2 Å². The van der Waals surface area contributed by atoms with Crippen LogP contribution in [0.2, 0.25) is 5.15 Å². The van der Waals surface area contributed by atoms with Crippen molar-refractivity contribution in [3.63, 3.8) is 0 Å². The van der Waals surface area contributed by atoms with Crippen molar-refractivity contribution >= 4 is 29.2 Å². The molecule has 2 rings (SSSR count). The standard InChI is InChI=1S/C13H9ClFN3O3/c1-21-13(20)8-3-2-7(15)4-9(8)18-12(19)10-5-17-11(14)6-16-10/h2-6H,1H3,(H,18,19). The third kappa shape index (κ3) is 3.51. The van der Waals surface area contributed by atoms with E-state index in [1.807, 2.05) is 0 Å². The molecular weight excluding hydrogens is 301 g/mol. The van der Waals surface area contributed by atoms with Crippen LogP contribution in [0.15, 0.2) is 30.6 Å². The number of aromatic nitrogens is 2. The Morgan fingerprint density at radius 2 is 2.05 bits per heavy atom. The first-order valence-electron chi connectivity index (χ1n) is 5.68. The molecule has 6 nitrogen and oxygen atoms in total. The van der Waals surface area contributed by atoms with Gasteiger partial charge < -0.3 is 10.1 Å². The molecule has 0 spiro atoms. The summed E-state index contributed by atoms with van der Waals surface area (Å²) in [7, 11) is 1.18. The Labute approximate surface area is 123 Å². The Hall–Kier alpha value is -2.54. The molecule has 1 amide bonds. The monoisotopic (exact) mass is 309 g/mol. The van der Waals surface area contributed by atoms with Crippen LogP contribution in [0.5, 0.6) is 0 Å². The molecule has 1 aromatic carbocycles. The van der Waals surface area contributed by atoms with Gasteiger partial charge in [0.1, 0.15) is 16.7 Å². The van der Waals surface area contributed by atoms with Gasteiger partial charge in [0.25, 0.3) is 5.91 Å². The number of amides is 1. The molecule has 0 aliphatic carbocycles. The fourth-order valence-corrected chi connectivity index (χ4v) is 1.62. The van der Waals surface area contributed by atoms with Gasteiger partial charge in [-0.15, -0.1) is 0 Å². The number of benzene rings is 1. The van der Waals surface area contributed by atoms with Gasteiger partial charge in [0.2, 0.25) is 0 Å². The van der Waals surface area contributed by atoms with Crippen molar-refractivity contribution < 1.29 is 18.7 Å². The number of carbonyl (C=O) groups is 2. The molecule has 0 unspecified atom stereocenters. The highest BCUT2D eigenvalue weighted by atomic mass is 35.5. The van der Waals surface area contributed by atoms with E-state index in [4.69, 9.17) is 11.6 Å². The molecule has 0 fully saturated rings. The number of nitrogens with zero attached hydrogens (tertiary/aromatic N) is 2. The van der Waals surface area contributed by atoms with E-state index < -0.39 is 17.7 Å². The summed E-state index contributed by atoms with van der Waals surface area (Å²) in [6.07, 6.45) is 2.36. The molecule has 1 heterocycles. The number of anilines is 1. The van der Waals surface area contributed by atoms with E-state index in [-0.39, 0.29) is 22.1 Å². The van der Waals surface area contributed by atoms with Gasteiger partial charge in [-0.3, -0.25) is 4.79 Å². The largest absolute Gasteiger partial charge is 0.465 e. The van der Waals surface area contributed by atoms with E-state index >= 15 is 0 Å². The maximum Gasteiger partial charge on any atom is 0.339 e. The molecule has 8 heteroatoms. The first-order chi connectivity index (χ1) is 10.0. The molecule has 21 heavy (non-hydrogen) atoms. The van der Waals surface area contributed by atoms with Crippen LogP contribution in [-0.2, 0) is 4.74 Å². The van der Waals surface area contributed by atoms with Crippen LogP contribution in [0.25, 0.3) is 0 Å². The predicted molar refractivity (Wildman–Crippen MR) is 72.7 cm³/mol. The van der Waals surface area contributed by atoms with E-state index in [2.05, 4.69) is 20.0 Å². The molecule has 1 aromatic heterocycles. The number of nitrogens with one attached hydrogen (secondary N) is 1. The number of rotatable bonds is 3. The first-order valence-corrected chi connectivity index (χ1v) is 6.06. The summed E-state index contributed by atoms with van der Waals surface area (Å²) in [4.78, 5) is 31.0. The second-order valence-electron chi connectivity index (χ2n) is 3.86. The van der Waals surface area contributed by atoms with Gasteiger partial charge in [-0.1, -0.05) is 11.6 Å². The zero-order valence-electron chi connectivity index (χ0n) is 10.8. The normalized spacial score (nSPS) is 10.0. The van der Waals surface area contributed by atoms with Crippen molar-refractivity contribution in [3.05, 3.63) is 52.8 Å². The fraction of sp³-hybridized carbons (Fsp3) is 0.0769. The molecule has 1 N–H and O–H groups in total. The van der Waals surface area contributed by atoms with Crippen LogP contribution < -0.4 is 5.32 Å². The maximum atomic E-state index is 13.3. The van der Waals surface area contributed by atoms with Crippen molar-refractivity contribution in [2.45, 2.75) is 0 Å². The molecular formula is C13H9ClFN3O3. The minimum Gasteiger partial charge on any atom is -0.465 e. The lowest BCUT2D eigenvalue weighted by atomic mass is 10.1. The molecule has 0 aliphatic rings. The quantitative estimate of drug-likeness (QED) is 0.880. The predicted octanol–water partition coefficient (Wildman–Crippen LogP) is 2.31. The second-order valence-corrected chi connectivity index (χ2v) is 4.25. The summed E-state index contributed by atoms with van der Waals surface area (Å²) < 4.78 is 17.8. The van der Waals surface area contributed by atoms with Gasteiger partial charge >= 0.3 is 5.97 Å². The van der Waals surface area contributed by atoms with Gasteiger partial charge in [0.05, 0.1) is 30.8 Å². The highest BCUT2D eigenvalue weighted by Crippen LogP contribution is 2.19. The van der Waals surface area contributed by atoms with Crippen molar-refractivity contribution in [2.24, 2.45) is 0 Å². The van der Waals surface area contributed by atoms with Crippen molar-refractivity contribution in [1.82, 2.24) is 9.97 Å². The highest BCUT2D eigenvalue weighted by molar-refractivity contribution is 6.29. The smallest absolute Gasteiger partial charge is 0.339 e. The van der Waals surface area contributed by atoms with Crippen molar-refractivity contribution in [1.29, 1.82) is 0 Å². The zero-order chi connectivity index (χ0) is 15.4. The minimum atomic E-state index is -0.701. The molecule has 0 radical (unpaired) electrons. The molecule has 2 aromatic rings. The van der Waals surface area contributed by atoms with Crippen LogP contribution in [0.4, 0.5) is 10.1 Å². The van der Waals surface area contributed by atoms with Crippen LogP contribution in [0, 0.1) is 5.82 Å². The van der Waals surface area contributed by atoms with E-state index in [0.29, 0.717) is 0 Å². The van der Waals surface area contributed by atoms with Gasteiger partial charge in [-0.05, 0) is 18.2 Å². The summed E-state index contributed by atoms with van der Waals surface area (Å²) in [6, 6.07) is 3.31. The van der Waals surface area contributed by atoms with Gasteiger partial charge in [-0.2, -0.15) is 0 Å². The number of ether oxygens (including phenoxy) is 1. The fourth-order valence-electron chi connectivity index (χ4n) is 1.52. The number of halogens is 2. The number of carbonyl (C=O) groups excluding carboxylic acids is 2. The summed E-state index contributed by atoms with van der Waals surface area (Å²) in [5.74, 6) is -1.97. The molecule has 0 bridgehead atoms. The van der Waals surface area contributed by atoms with Crippen molar-refractivity contribution in [3.8, 4) is 0 Å². The summed E-state index contributed by atoms with van der Waals surface area (Å²) in [5, 5.41) is 2.51. The maximum absolute atomic E-state index is 13.3. The highest BCUT2D eigenvalue weighted by Gasteiger charge is 2.16. The average molecular weight is 310 g/mol. The van der Waals surface area contributed by atoms with Gasteiger partial charge in [-0.25, -0.2) is 19.2 Å². The second kappa shape index (κ2) is 6.27. The van der Waals surface area contributed by atoms with Gasteiger partial charge in [0, 0.05) is 0 Å². The lowest BCUT2D eigenvalue weighted by molar-refractivity contribution is 0.0602. The van der Waals surface area contributed by atoms with E-state index in [0.717, 1.165) is 18.3 Å². The average Bonchev–Trinajstić information content (AvgIpc) is 2.47. The van der Waals surface area contributed by atoms with Gasteiger partial charge in [0.15, 0.2) is 0 Å². The molecule has 0 atom stereocenters. The number of hydrogen-bond acceptors (Lipinski definition) is 5. The summed E-state index contributed by atoms with van der Waals surface area (Å²) in [6.45, 7) is 0. The summed E-state index contributed by atoms with van der Waals surface area (Å²) in [5.41, 5.74) is -0.0303. The first kappa shape index (κ1) is 14.9. The number of hydrogen-bond donors (Lipinski definition) is 1. The molecule has 108 valence electrons. The zero-order valence-corrected chi connectivity index (χ0v) is 11.5. The summed E-state index contributed by atoms with van der Waals surface area (Å²) >= 11 is 5.57. The Balaban J connectivity index is 2.30. The third-order valence-electron chi connectivity index (χ3n) is 2.49. The Morgan fingerprint density at radius 3 is 2.67 bits per heavy atom. The Bertz CT molecular complexity index is 692. The van der Waals surface area contributed by atoms with Crippen molar-refractivity contribution in [2.75, 3.05) is 12.4 Å². The third-order valence-corrected chi connectivity index (χ3v) is 2.68. The number of esters is 1. The molecule has 0 saturated carbocycles. The lowest BCUT2D eigenvalue weighted by Crippen LogP contribution is -2.17. The van der Waals surface area contributed by atoms with Crippen LogP contribution in [0.1, 0.15) is 20.8 Å². The SMILES string of the molecule is COC(=O)c1ccc(F)cc1NC(=O)c1cnc(Cl)cn1. The van der Waals surface area contributed by atoms with E-state index in [9.17, 15) is 14.0 Å². The van der Waals surface area contributed by atoms with Crippen LogP contribution in [0.3, 0.4) is 0 Å². The molecule has 0 saturated heterocycles. The number of methoxy groups -OCH3 is 1. The minimum absolute atomic E-state index is 0.0224. The van der Waals surface area contributed by atoms with E-state index in [1.165, 1.54) is 19.4 Å². The Morgan fingerprint density at radius 1 is 1.29 bits per heavy atom. The lowest BCUT2D eigenvalue weighted by Gasteiger charge is -2.09. The van der Waals surface area contributed by atoms with Crippen LogP contribution >= 0.6 is 11.6 Å². The molecule has 0 aliphatic heterocycles. The van der Waals surface area contributed by atoms with Crippen LogP contribution in [-0.4, -0.2) is 29.0 Å². The Kier molecular flexibility index (Phi) is 4.44.